The van der Waals surface area contributed by atoms with E-state index in [1.54, 1.807) is 0 Å². The first-order valence-corrected chi connectivity index (χ1v) is 15.6. The predicted octanol–water partition coefficient (Wildman–Crippen LogP) is 9.37. The van der Waals surface area contributed by atoms with Crippen LogP contribution in [0.4, 0.5) is 0 Å². The molecule has 36 heavy (non-hydrogen) atoms. The lowest BCUT2D eigenvalue weighted by Crippen LogP contribution is -2.06. The van der Waals surface area contributed by atoms with Crippen molar-refractivity contribution in [3.8, 4) is 0 Å². The molecule has 0 N–H and O–H groups in total. The second kappa shape index (κ2) is 10.0. The van der Waals surface area contributed by atoms with Crippen molar-refractivity contribution in [3.05, 3.63) is 149 Å². The largest absolute Gasteiger partial charge is 0.0825 e. The van der Waals surface area contributed by atoms with Crippen LogP contribution in [0.2, 0.25) is 0 Å². The summed E-state index contributed by atoms with van der Waals surface area (Å²) in [5, 5.41) is 4.16. The Kier molecular flexibility index (Phi) is 6.45. The van der Waals surface area contributed by atoms with Crippen molar-refractivity contribution in [2.24, 2.45) is 0 Å². The Labute approximate surface area is 219 Å². The van der Waals surface area contributed by atoms with Crippen molar-refractivity contribution in [1.29, 1.82) is 0 Å². The van der Waals surface area contributed by atoms with Crippen LogP contribution in [0.5, 0.6) is 0 Å². The number of rotatable bonds is 5. The molecule has 1 fully saturated rings. The summed E-state index contributed by atoms with van der Waals surface area (Å²) >= 11 is 6.88. The maximum Gasteiger partial charge on any atom is 0.0396 e. The molecule has 2 heteroatoms. The smallest absolute Gasteiger partial charge is 0.0396 e. The lowest BCUT2D eigenvalue weighted by atomic mass is 9.87. The third kappa shape index (κ3) is 4.17. The van der Waals surface area contributed by atoms with Crippen molar-refractivity contribution in [2.75, 3.05) is 0 Å². The summed E-state index contributed by atoms with van der Waals surface area (Å²) in [6.07, 6.45) is 9.12. The molecule has 1 heterocycles. The minimum absolute atomic E-state index is 1.13. The first kappa shape index (κ1) is 23.2. The van der Waals surface area contributed by atoms with Crippen LogP contribution in [-0.2, 0) is 11.8 Å². The van der Waals surface area contributed by atoms with E-state index >= 15 is 0 Å². The minimum atomic E-state index is -2.20. The molecule has 1 saturated carbocycles. The van der Waals surface area contributed by atoms with Gasteiger partial charge >= 0.3 is 0 Å². The van der Waals surface area contributed by atoms with Crippen LogP contribution in [0.3, 0.4) is 0 Å². The van der Waals surface area contributed by atoms with E-state index in [1.165, 1.54) is 62.2 Å². The molecule has 176 valence electrons. The lowest BCUT2D eigenvalue weighted by molar-refractivity contribution is 0.685. The van der Waals surface area contributed by atoms with Crippen LogP contribution >= 0.6 is 6.04 Å². The highest BCUT2D eigenvalue weighted by molar-refractivity contribution is 8.28. The Morgan fingerprint density at radius 3 is 1.50 bits per heavy atom. The molecule has 2 aliphatic rings. The summed E-state index contributed by atoms with van der Waals surface area (Å²) in [6.45, 7) is 0. The fraction of sp³-hybridized carbons (Fsp3) is 0.118. The second-order valence-electron chi connectivity index (χ2n) is 9.54. The van der Waals surface area contributed by atoms with E-state index in [0.717, 1.165) is 12.8 Å². The van der Waals surface area contributed by atoms with Gasteiger partial charge in [0.1, 0.15) is 0 Å². The number of allylic oxidation sites excluding steroid dienone is 2. The molecule has 0 saturated heterocycles. The predicted molar refractivity (Wildman–Crippen MR) is 161 cm³/mol. The van der Waals surface area contributed by atoms with Crippen LogP contribution in [0, 0.1) is 0 Å². The van der Waals surface area contributed by atoms with E-state index in [1.807, 2.05) is 0 Å². The van der Waals surface area contributed by atoms with Crippen LogP contribution in [0.1, 0.15) is 47.9 Å². The van der Waals surface area contributed by atoms with Crippen molar-refractivity contribution in [1.82, 2.24) is 0 Å². The molecule has 6 rings (SSSR count). The SMILES string of the molecule is S=P1(c2ccccc2)C(c2ccccc2)=C2CCCCC2=C1c1ccc(/C=C/c2ccccc2)cc1. The molecule has 0 nitrogen and oxygen atoms in total. The topological polar surface area (TPSA) is 0 Å². The number of benzene rings is 4. The molecule has 4 aromatic carbocycles. The Balaban J connectivity index is 1.48. The van der Waals surface area contributed by atoms with Gasteiger partial charge in [-0.15, -0.1) is 0 Å². The van der Waals surface area contributed by atoms with Crippen molar-refractivity contribution in [2.45, 2.75) is 25.7 Å². The monoisotopic (exact) mass is 500 g/mol. The van der Waals surface area contributed by atoms with E-state index in [0.29, 0.717) is 0 Å². The summed E-state index contributed by atoms with van der Waals surface area (Å²) in [4.78, 5) is 0. The molecule has 1 unspecified atom stereocenters. The van der Waals surface area contributed by atoms with Gasteiger partial charge in [0.25, 0.3) is 0 Å². The Morgan fingerprint density at radius 1 is 0.500 bits per heavy atom. The van der Waals surface area contributed by atoms with Crippen LogP contribution < -0.4 is 5.30 Å². The van der Waals surface area contributed by atoms with Crippen LogP contribution in [-0.4, -0.2) is 0 Å². The highest BCUT2D eigenvalue weighted by Crippen LogP contribution is 2.75. The van der Waals surface area contributed by atoms with Gasteiger partial charge in [0.05, 0.1) is 0 Å². The molecular formula is C34H29PS. The molecule has 0 amide bonds. The van der Waals surface area contributed by atoms with Gasteiger partial charge in [-0.25, -0.2) is 0 Å². The average Bonchev–Trinajstić information content (AvgIpc) is 3.23. The highest BCUT2D eigenvalue weighted by atomic mass is 32.4. The summed E-state index contributed by atoms with van der Waals surface area (Å²) in [7, 11) is 0. The number of fused-ring (bicyclic) bond motifs is 1. The number of hydrogen-bond donors (Lipinski definition) is 0. The second-order valence-corrected chi connectivity index (χ2v) is 13.8. The average molecular weight is 501 g/mol. The fourth-order valence-electron chi connectivity index (χ4n) is 5.63. The van der Waals surface area contributed by atoms with E-state index < -0.39 is 6.04 Å². The molecular weight excluding hydrogens is 471 g/mol. The summed E-state index contributed by atoms with van der Waals surface area (Å²) in [5.74, 6) is 0. The van der Waals surface area contributed by atoms with Crippen molar-refractivity contribution < 1.29 is 0 Å². The van der Waals surface area contributed by atoms with Gasteiger partial charge in [-0.1, -0.05) is 139 Å². The molecule has 1 aliphatic carbocycles. The third-order valence-corrected chi connectivity index (χ3v) is 12.4. The first-order valence-electron chi connectivity index (χ1n) is 12.8. The van der Waals surface area contributed by atoms with Gasteiger partial charge in [-0.3, -0.25) is 0 Å². The van der Waals surface area contributed by atoms with E-state index in [9.17, 15) is 0 Å². The Morgan fingerprint density at radius 2 is 0.944 bits per heavy atom. The Bertz CT molecular complexity index is 1510. The molecule has 0 bridgehead atoms. The maximum atomic E-state index is 6.88. The van der Waals surface area contributed by atoms with Gasteiger partial charge < -0.3 is 0 Å². The molecule has 0 spiro atoms. The van der Waals surface area contributed by atoms with Gasteiger partial charge in [-0.05, 0) is 64.4 Å². The van der Waals surface area contributed by atoms with Crippen LogP contribution in [0.25, 0.3) is 22.8 Å². The lowest BCUT2D eigenvalue weighted by Gasteiger charge is -2.26. The molecule has 4 aromatic rings. The summed E-state index contributed by atoms with van der Waals surface area (Å²) in [6, 6.07) is 39.2. The zero-order chi connectivity index (χ0) is 24.4. The first-order chi connectivity index (χ1) is 17.7. The molecule has 1 atom stereocenters. The van der Waals surface area contributed by atoms with E-state index in [-0.39, 0.29) is 0 Å². The zero-order valence-electron chi connectivity index (χ0n) is 20.3. The minimum Gasteiger partial charge on any atom is -0.0825 e. The maximum absolute atomic E-state index is 6.88. The quantitative estimate of drug-likeness (QED) is 0.194. The van der Waals surface area contributed by atoms with Gasteiger partial charge in [0, 0.05) is 16.7 Å². The van der Waals surface area contributed by atoms with Crippen molar-refractivity contribution >= 4 is 45.9 Å². The van der Waals surface area contributed by atoms with E-state index in [2.05, 4.69) is 127 Å². The highest BCUT2D eigenvalue weighted by Gasteiger charge is 2.41. The summed E-state index contributed by atoms with van der Waals surface area (Å²) < 4.78 is 0. The van der Waals surface area contributed by atoms with Crippen molar-refractivity contribution in [3.63, 3.8) is 0 Å². The van der Waals surface area contributed by atoms with Gasteiger partial charge in [-0.2, -0.15) is 0 Å². The standard InChI is InChI=1S/C34H29PS/c36-35(30-16-8-3-9-17-30)33(28-14-6-2-7-15-28)31-18-10-11-19-32(31)34(35)29-24-22-27(23-25-29)21-20-26-12-4-1-5-13-26/h1-9,12-17,20-25H,10-11,18-19H2/b21-20+. The van der Waals surface area contributed by atoms with Gasteiger partial charge in [0.15, 0.2) is 0 Å². The number of hydrogen-bond acceptors (Lipinski definition) is 1. The van der Waals surface area contributed by atoms with E-state index in [4.69, 9.17) is 11.8 Å². The van der Waals surface area contributed by atoms with Crippen LogP contribution in [0.15, 0.2) is 126 Å². The Hall–Kier alpha value is -3.25. The molecule has 1 aliphatic heterocycles. The normalized spacial score (nSPS) is 19.7. The third-order valence-electron chi connectivity index (χ3n) is 7.29. The molecule has 0 radical (unpaired) electrons. The fourth-order valence-corrected chi connectivity index (χ4v) is 10.9. The molecule has 0 aromatic heterocycles. The van der Waals surface area contributed by atoms with Gasteiger partial charge in [0.2, 0.25) is 0 Å². The summed E-state index contributed by atoms with van der Waals surface area (Å²) in [5.41, 5.74) is 8.07. The zero-order valence-corrected chi connectivity index (χ0v) is 22.0.